The lowest BCUT2D eigenvalue weighted by Crippen LogP contribution is -2.27. The highest BCUT2D eigenvalue weighted by atomic mass is 32.2. The fraction of sp³-hybridized carbons (Fsp3) is 0.300. The Kier molecular flexibility index (Phi) is 9.41. The zero-order chi connectivity index (χ0) is 29.6. The Hall–Kier alpha value is -4.22. The number of carbonyl (C=O) groups is 1. The number of aromatic nitrogens is 2. The normalized spacial score (nSPS) is 12.2. The minimum atomic E-state index is -3.99. The average molecular weight is 578 g/mol. The molecule has 10 nitrogen and oxygen atoms in total. The van der Waals surface area contributed by atoms with Gasteiger partial charge in [-0.15, -0.1) is 0 Å². The third-order valence-electron chi connectivity index (χ3n) is 6.48. The SMILES string of the molecule is COc1cc(CCC(C)c2nc3ccccc3nc2NS(=O)(=O)c2ccc(NC(=O)CN(C)C)cc2)cc(OC)c1. The molecule has 0 saturated heterocycles. The van der Waals surface area contributed by atoms with Gasteiger partial charge >= 0.3 is 0 Å². The fourth-order valence-corrected chi connectivity index (χ4v) is 5.37. The first-order valence-electron chi connectivity index (χ1n) is 13.1. The summed E-state index contributed by atoms with van der Waals surface area (Å²) >= 11 is 0. The zero-order valence-electron chi connectivity index (χ0n) is 23.8. The van der Waals surface area contributed by atoms with Gasteiger partial charge in [0.1, 0.15) is 11.5 Å². The van der Waals surface area contributed by atoms with Gasteiger partial charge in [-0.1, -0.05) is 19.1 Å². The monoisotopic (exact) mass is 577 g/mol. The number of para-hydroxylation sites is 2. The number of carbonyl (C=O) groups excluding carboxylic acids is 1. The molecule has 0 saturated carbocycles. The van der Waals surface area contributed by atoms with Crippen molar-refractivity contribution in [3.8, 4) is 11.5 Å². The molecule has 0 spiro atoms. The number of ether oxygens (including phenoxy) is 2. The van der Waals surface area contributed by atoms with Crippen molar-refractivity contribution in [1.29, 1.82) is 0 Å². The Balaban J connectivity index is 1.58. The number of anilines is 2. The Bertz CT molecular complexity index is 1600. The molecule has 4 aromatic rings. The van der Waals surface area contributed by atoms with Gasteiger partial charge < -0.3 is 19.7 Å². The Morgan fingerprint density at radius 3 is 2.12 bits per heavy atom. The first kappa shape index (κ1) is 29.8. The van der Waals surface area contributed by atoms with E-state index >= 15 is 0 Å². The van der Waals surface area contributed by atoms with Crippen LogP contribution >= 0.6 is 0 Å². The van der Waals surface area contributed by atoms with Crippen molar-refractivity contribution in [2.45, 2.75) is 30.6 Å². The van der Waals surface area contributed by atoms with Crippen molar-refractivity contribution in [3.63, 3.8) is 0 Å². The van der Waals surface area contributed by atoms with Crippen LogP contribution in [0.1, 0.15) is 30.5 Å². The van der Waals surface area contributed by atoms with Crippen molar-refractivity contribution >= 4 is 38.5 Å². The number of benzene rings is 3. The van der Waals surface area contributed by atoms with Crippen molar-refractivity contribution in [1.82, 2.24) is 14.9 Å². The molecule has 0 bridgehead atoms. The molecule has 0 fully saturated rings. The molecule has 3 aromatic carbocycles. The summed E-state index contributed by atoms with van der Waals surface area (Å²) in [4.78, 5) is 23.3. The van der Waals surface area contributed by atoms with Crippen molar-refractivity contribution in [2.24, 2.45) is 0 Å². The average Bonchev–Trinajstić information content (AvgIpc) is 2.95. The molecule has 41 heavy (non-hydrogen) atoms. The third kappa shape index (κ3) is 7.71. The van der Waals surface area contributed by atoms with Gasteiger partial charge in [-0.2, -0.15) is 0 Å². The molecule has 0 aliphatic heterocycles. The Labute approximate surface area is 240 Å². The van der Waals surface area contributed by atoms with E-state index in [1.165, 1.54) is 12.1 Å². The van der Waals surface area contributed by atoms with Crippen LogP contribution in [-0.2, 0) is 21.2 Å². The molecular formula is C30H35N5O5S. The molecule has 1 aromatic heterocycles. The largest absolute Gasteiger partial charge is 0.497 e. The number of aryl methyl sites for hydroxylation is 1. The van der Waals surface area contributed by atoms with Crippen LogP contribution in [0, 0.1) is 0 Å². The van der Waals surface area contributed by atoms with Gasteiger partial charge in [0.05, 0.1) is 42.4 Å². The van der Waals surface area contributed by atoms with Crippen LogP contribution in [-0.4, -0.2) is 64.1 Å². The highest BCUT2D eigenvalue weighted by molar-refractivity contribution is 7.92. The molecule has 11 heteroatoms. The number of likely N-dealkylation sites (N-methyl/N-ethyl adjacent to an activating group) is 1. The van der Waals surface area contributed by atoms with Gasteiger partial charge in [0, 0.05) is 17.7 Å². The predicted octanol–water partition coefficient (Wildman–Crippen LogP) is 4.68. The van der Waals surface area contributed by atoms with E-state index in [9.17, 15) is 13.2 Å². The topological polar surface area (TPSA) is 123 Å². The second-order valence-corrected chi connectivity index (χ2v) is 11.7. The summed E-state index contributed by atoms with van der Waals surface area (Å²) in [5.41, 5.74) is 3.34. The molecule has 4 rings (SSSR count). The highest BCUT2D eigenvalue weighted by Gasteiger charge is 2.22. The van der Waals surface area contributed by atoms with E-state index in [0.29, 0.717) is 46.8 Å². The van der Waals surface area contributed by atoms with Crippen LogP contribution < -0.4 is 19.5 Å². The molecule has 1 amide bonds. The molecule has 0 aliphatic carbocycles. The van der Waals surface area contributed by atoms with Crippen LogP contribution in [0.4, 0.5) is 11.5 Å². The second kappa shape index (κ2) is 13.0. The van der Waals surface area contributed by atoms with Gasteiger partial charge in [0.2, 0.25) is 5.91 Å². The van der Waals surface area contributed by atoms with E-state index < -0.39 is 10.0 Å². The summed E-state index contributed by atoms with van der Waals surface area (Å²) < 4.78 is 40.3. The van der Waals surface area contributed by atoms with E-state index in [4.69, 9.17) is 14.5 Å². The maximum Gasteiger partial charge on any atom is 0.263 e. The molecular weight excluding hydrogens is 542 g/mol. The van der Waals surface area contributed by atoms with Gasteiger partial charge in [-0.3, -0.25) is 9.52 Å². The number of rotatable bonds is 12. The quantitative estimate of drug-likeness (QED) is 0.249. The fourth-order valence-electron chi connectivity index (χ4n) is 4.35. The molecule has 0 aliphatic rings. The summed E-state index contributed by atoms with van der Waals surface area (Å²) in [5, 5.41) is 2.75. The molecule has 1 atom stereocenters. The van der Waals surface area contributed by atoms with Gasteiger partial charge in [-0.25, -0.2) is 18.4 Å². The molecule has 1 heterocycles. The highest BCUT2D eigenvalue weighted by Crippen LogP contribution is 2.31. The van der Waals surface area contributed by atoms with E-state index in [1.807, 2.05) is 43.3 Å². The lowest BCUT2D eigenvalue weighted by molar-refractivity contribution is -0.116. The lowest BCUT2D eigenvalue weighted by atomic mass is 9.97. The first-order chi connectivity index (χ1) is 19.6. The van der Waals surface area contributed by atoms with Gasteiger partial charge in [0.15, 0.2) is 5.82 Å². The van der Waals surface area contributed by atoms with Crippen molar-refractivity contribution in [2.75, 3.05) is 44.9 Å². The minimum absolute atomic E-state index is 0.0418. The summed E-state index contributed by atoms with van der Waals surface area (Å²) in [7, 11) is 2.81. The summed E-state index contributed by atoms with van der Waals surface area (Å²) in [5.74, 6) is 1.27. The summed E-state index contributed by atoms with van der Waals surface area (Å²) in [6.07, 6.45) is 1.37. The number of nitrogens with zero attached hydrogens (tertiary/aromatic N) is 3. The number of amides is 1. The standard InChI is InChI=1S/C30H35N5O5S/c1-20(10-11-21-16-23(39-4)18-24(17-21)40-5)29-30(33-27-9-7-6-8-26(27)32-29)34-41(37,38)25-14-12-22(13-15-25)31-28(36)19-35(2)3/h6-9,12-18,20H,10-11,19H2,1-5H3,(H,31,36)(H,33,34). The van der Waals surface area contributed by atoms with Gasteiger partial charge in [0.25, 0.3) is 10.0 Å². The molecule has 0 radical (unpaired) electrons. The molecule has 1 unspecified atom stereocenters. The predicted molar refractivity (Wildman–Crippen MR) is 160 cm³/mol. The minimum Gasteiger partial charge on any atom is -0.497 e. The van der Waals surface area contributed by atoms with Crippen LogP contribution in [0.5, 0.6) is 11.5 Å². The second-order valence-electron chi connectivity index (χ2n) is 10.0. The lowest BCUT2D eigenvalue weighted by Gasteiger charge is -2.18. The smallest absolute Gasteiger partial charge is 0.263 e. The number of sulfonamides is 1. The maximum absolute atomic E-state index is 13.4. The van der Waals surface area contributed by atoms with Crippen LogP contribution in [0.15, 0.2) is 71.6 Å². The van der Waals surface area contributed by atoms with E-state index in [-0.39, 0.29) is 29.1 Å². The molecule has 216 valence electrons. The molecule has 2 N–H and O–H groups in total. The van der Waals surface area contributed by atoms with E-state index in [1.54, 1.807) is 51.4 Å². The van der Waals surface area contributed by atoms with E-state index in [2.05, 4.69) is 15.0 Å². The Morgan fingerprint density at radius 1 is 0.927 bits per heavy atom. The third-order valence-corrected chi connectivity index (χ3v) is 7.84. The van der Waals surface area contributed by atoms with Crippen LogP contribution in [0.2, 0.25) is 0 Å². The van der Waals surface area contributed by atoms with Crippen molar-refractivity contribution < 1.29 is 22.7 Å². The Morgan fingerprint density at radius 2 is 1.54 bits per heavy atom. The van der Waals surface area contributed by atoms with E-state index in [0.717, 1.165) is 5.56 Å². The van der Waals surface area contributed by atoms with Crippen LogP contribution in [0.25, 0.3) is 11.0 Å². The zero-order valence-corrected chi connectivity index (χ0v) is 24.7. The summed E-state index contributed by atoms with van der Waals surface area (Å²) in [6.45, 7) is 2.22. The number of methoxy groups -OCH3 is 2. The first-order valence-corrected chi connectivity index (χ1v) is 14.6. The maximum atomic E-state index is 13.4. The van der Waals surface area contributed by atoms with Crippen LogP contribution in [0.3, 0.4) is 0 Å². The number of nitrogens with one attached hydrogen (secondary N) is 2. The number of fused-ring (bicyclic) bond motifs is 1. The van der Waals surface area contributed by atoms with Gasteiger partial charge in [-0.05, 0) is 81.0 Å². The number of hydrogen-bond acceptors (Lipinski definition) is 8. The number of hydrogen-bond donors (Lipinski definition) is 2. The van der Waals surface area contributed by atoms with Crippen molar-refractivity contribution in [3.05, 3.63) is 78.0 Å². The summed E-state index contributed by atoms with van der Waals surface area (Å²) in [6, 6.07) is 19.1.